The maximum atomic E-state index is 14.1. The summed E-state index contributed by atoms with van der Waals surface area (Å²) in [6, 6.07) is 13.8. The molecule has 4 rings (SSSR count). The van der Waals surface area contributed by atoms with Crippen molar-refractivity contribution in [3.63, 3.8) is 0 Å². The summed E-state index contributed by atoms with van der Waals surface area (Å²) in [5.41, 5.74) is 2.11. The zero-order valence-corrected chi connectivity index (χ0v) is 13.9. The number of aromatic nitrogens is 1. The minimum absolute atomic E-state index is 0.0165. The molecule has 2 aromatic carbocycles. The van der Waals surface area contributed by atoms with Crippen LogP contribution in [-0.2, 0) is 0 Å². The lowest BCUT2D eigenvalue weighted by atomic mass is 10.1. The van der Waals surface area contributed by atoms with E-state index in [1.807, 2.05) is 13.0 Å². The van der Waals surface area contributed by atoms with Crippen molar-refractivity contribution in [2.75, 3.05) is 10.2 Å². The number of anilines is 2. The second-order valence-electron chi connectivity index (χ2n) is 6.12. The number of fused-ring (bicyclic) bond motifs is 1. The van der Waals surface area contributed by atoms with Crippen molar-refractivity contribution >= 4 is 17.4 Å². The van der Waals surface area contributed by atoms with Crippen molar-refractivity contribution in [1.29, 1.82) is 0 Å². The van der Waals surface area contributed by atoms with Gasteiger partial charge in [0.15, 0.2) is 0 Å². The molecule has 1 aliphatic rings. The van der Waals surface area contributed by atoms with Crippen LogP contribution in [-0.4, -0.2) is 10.9 Å². The lowest BCUT2D eigenvalue weighted by Gasteiger charge is -2.26. The number of amides is 1. The largest absolute Gasteiger partial charge is 0.359 e. The minimum Gasteiger partial charge on any atom is -0.359 e. The zero-order valence-electron chi connectivity index (χ0n) is 13.9. The smallest absolute Gasteiger partial charge is 0.261 e. The number of nitrogens with zero attached hydrogens (tertiary/aromatic N) is 2. The number of hydrogen-bond acceptors (Lipinski definition) is 3. The predicted octanol–water partition coefficient (Wildman–Crippen LogP) is 4.44. The molecule has 0 unspecified atom stereocenters. The Hall–Kier alpha value is -3.28. The third-order valence-corrected chi connectivity index (χ3v) is 4.33. The van der Waals surface area contributed by atoms with Crippen molar-refractivity contribution in [2.45, 2.75) is 13.1 Å². The molecule has 0 aliphatic carbocycles. The molecule has 6 heteroatoms. The second-order valence-corrected chi connectivity index (χ2v) is 6.12. The number of benzene rings is 2. The molecule has 2 heterocycles. The van der Waals surface area contributed by atoms with Crippen LogP contribution < -0.4 is 10.2 Å². The monoisotopic (exact) mass is 351 g/mol. The van der Waals surface area contributed by atoms with Gasteiger partial charge < -0.3 is 5.32 Å². The van der Waals surface area contributed by atoms with Gasteiger partial charge in [-0.15, -0.1) is 0 Å². The maximum absolute atomic E-state index is 14.1. The molecule has 0 fully saturated rings. The molecule has 1 atom stereocenters. The van der Waals surface area contributed by atoms with Gasteiger partial charge in [0, 0.05) is 23.4 Å². The van der Waals surface area contributed by atoms with E-state index in [9.17, 15) is 13.6 Å². The molecule has 130 valence electrons. The van der Waals surface area contributed by atoms with Gasteiger partial charge in [-0.1, -0.05) is 18.2 Å². The number of rotatable bonds is 3. The Morgan fingerprint density at radius 2 is 1.88 bits per heavy atom. The Morgan fingerprint density at radius 1 is 1.08 bits per heavy atom. The summed E-state index contributed by atoms with van der Waals surface area (Å²) in [6.45, 7) is 1.90. The fourth-order valence-electron chi connectivity index (χ4n) is 3.10. The van der Waals surface area contributed by atoms with Gasteiger partial charge in [-0.05, 0) is 42.8 Å². The van der Waals surface area contributed by atoms with Gasteiger partial charge in [-0.25, -0.2) is 13.8 Å². The first-order chi connectivity index (χ1) is 12.5. The predicted molar refractivity (Wildman–Crippen MR) is 94.9 cm³/mol. The van der Waals surface area contributed by atoms with Gasteiger partial charge in [-0.3, -0.25) is 9.69 Å². The first-order valence-electron chi connectivity index (χ1n) is 8.11. The van der Waals surface area contributed by atoms with Gasteiger partial charge >= 0.3 is 0 Å². The Kier molecular flexibility index (Phi) is 3.88. The number of carbonyl (C=O) groups is 1. The Morgan fingerprint density at radius 3 is 2.69 bits per heavy atom. The highest BCUT2D eigenvalue weighted by Gasteiger charge is 2.38. The third kappa shape index (κ3) is 2.69. The number of aryl methyl sites for hydroxylation is 1. The molecule has 1 aromatic heterocycles. The summed E-state index contributed by atoms with van der Waals surface area (Å²) < 4.78 is 27.7. The molecule has 26 heavy (non-hydrogen) atoms. The van der Waals surface area contributed by atoms with Crippen LogP contribution in [0.4, 0.5) is 20.3 Å². The average molecular weight is 351 g/mol. The standard InChI is InChI=1S/C20H15F2N3O/c1-12-8-9-23-18(10-12)25-19(14-4-2-3-5-15(14)20(25)26)24-17-11-13(21)6-7-16(17)22/h2-11,19,24H,1H3/t19-/m1/s1. The number of nitrogens with one attached hydrogen (secondary N) is 1. The molecule has 0 saturated carbocycles. The molecule has 0 spiro atoms. The second kappa shape index (κ2) is 6.22. The maximum Gasteiger partial charge on any atom is 0.261 e. The topological polar surface area (TPSA) is 45.2 Å². The van der Waals surface area contributed by atoms with E-state index in [1.165, 1.54) is 4.90 Å². The number of carbonyl (C=O) groups excluding carboxylic acids is 1. The fourth-order valence-corrected chi connectivity index (χ4v) is 3.10. The zero-order chi connectivity index (χ0) is 18.3. The summed E-state index contributed by atoms with van der Waals surface area (Å²) in [4.78, 5) is 18.7. The summed E-state index contributed by atoms with van der Waals surface area (Å²) >= 11 is 0. The van der Waals surface area contributed by atoms with E-state index in [2.05, 4.69) is 10.3 Å². The molecule has 3 aromatic rings. The summed E-state index contributed by atoms with van der Waals surface area (Å²) in [5, 5.41) is 2.95. The van der Waals surface area contributed by atoms with Crippen LogP contribution in [0.2, 0.25) is 0 Å². The van der Waals surface area contributed by atoms with Crippen LogP contribution in [0.3, 0.4) is 0 Å². The van der Waals surface area contributed by atoms with E-state index in [-0.39, 0.29) is 11.6 Å². The van der Waals surface area contributed by atoms with Gasteiger partial charge in [0.1, 0.15) is 23.6 Å². The molecule has 1 N–H and O–H groups in total. The highest BCUT2D eigenvalue weighted by Crippen LogP contribution is 2.37. The molecule has 1 amide bonds. The van der Waals surface area contributed by atoms with E-state index in [0.717, 1.165) is 23.8 Å². The third-order valence-electron chi connectivity index (χ3n) is 4.33. The minimum atomic E-state index is -0.690. The molecule has 0 radical (unpaired) electrons. The highest BCUT2D eigenvalue weighted by atomic mass is 19.1. The SMILES string of the molecule is Cc1ccnc(N2C(=O)c3ccccc3[C@@H]2Nc2cc(F)ccc2F)c1. The van der Waals surface area contributed by atoms with Gasteiger partial charge in [0.05, 0.1) is 5.69 Å². The van der Waals surface area contributed by atoms with Crippen LogP contribution in [0, 0.1) is 18.6 Å². The van der Waals surface area contributed by atoms with Crippen LogP contribution in [0.1, 0.15) is 27.7 Å². The van der Waals surface area contributed by atoms with Gasteiger partial charge in [-0.2, -0.15) is 0 Å². The first-order valence-corrected chi connectivity index (χ1v) is 8.11. The molecule has 4 nitrogen and oxygen atoms in total. The van der Waals surface area contributed by atoms with Gasteiger partial charge in [0.2, 0.25) is 0 Å². The Labute approximate surface area is 149 Å². The van der Waals surface area contributed by atoms with E-state index >= 15 is 0 Å². The van der Waals surface area contributed by atoms with Crippen molar-refractivity contribution in [3.05, 3.63) is 89.1 Å². The van der Waals surface area contributed by atoms with E-state index in [0.29, 0.717) is 16.9 Å². The van der Waals surface area contributed by atoms with E-state index in [1.54, 1.807) is 36.5 Å². The van der Waals surface area contributed by atoms with Crippen molar-refractivity contribution in [2.24, 2.45) is 0 Å². The highest BCUT2D eigenvalue weighted by molar-refractivity contribution is 6.11. The number of halogens is 2. The van der Waals surface area contributed by atoms with Crippen LogP contribution in [0.15, 0.2) is 60.8 Å². The van der Waals surface area contributed by atoms with Crippen LogP contribution in [0.5, 0.6) is 0 Å². The lowest BCUT2D eigenvalue weighted by Crippen LogP contribution is -2.33. The summed E-state index contributed by atoms with van der Waals surface area (Å²) in [5.74, 6) is -0.958. The van der Waals surface area contributed by atoms with Crippen LogP contribution >= 0.6 is 0 Å². The van der Waals surface area contributed by atoms with Crippen molar-refractivity contribution in [1.82, 2.24) is 4.98 Å². The molecule has 0 bridgehead atoms. The summed E-state index contributed by atoms with van der Waals surface area (Å²) in [6.07, 6.45) is 0.921. The van der Waals surface area contributed by atoms with E-state index < -0.39 is 17.8 Å². The van der Waals surface area contributed by atoms with Crippen molar-refractivity contribution in [3.8, 4) is 0 Å². The Balaban J connectivity index is 1.82. The van der Waals surface area contributed by atoms with E-state index in [4.69, 9.17) is 0 Å². The lowest BCUT2D eigenvalue weighted by molar-refractivity contribution is 0.0992. The van der Waals surface area contributed by atoms with Gasteiger partial charge in [0.25, 0.3) is 5.91 Å². The van der Waals surface area contributed by atoms with Crippen molar-refractivity contribution < 1.29 is 13.6 Å². The molecule has 1 aliphatic heterocycles. The normalized spacial score (nSPS) is 15.9. The fraction of sp³-hybridized carbons (Fsp3) is 0.100. The summed E-state index contributed by atoms with van der Waals surface area (Å²) in [7, 11) is 0. The average Bonchev–Trinajstić information content (AvgIpc) is 2.91. The number of pyridine rings is 1. The van der Waals surface area contributed by atoms with Crippen LogP contribution in [0.25, 0.3) is 0 Å². The first kappa shape index (κ1) is 16.2. The molecule has 0 saturated heterocycles. The molecular weight excluding hydrogens is 336 g/mol. The number of hydrogen-bond donors (Lipinski definition) is 1. The Bertz CT molecular complexity index is 1010. The molecular formula is C20H15F2N3O. The quantitative estimate of drug-likeness (QED) is 0.759.